The molecule has 1 aromatic carbocycles. The zero-order valence-corrected chi connectivity index (χ0v) is 16.0. The van der Waals surface area contributed by atoms with Crippen LogP contribution in [0.1, 0.15) is 58.9 Å². The van der Waals surface area contributed by atoms with Crippen LogP contribution in [0, 0.1) is 17.2 Å². The van der Waals surface area contributed by atoms with Crippen molar-refractivity contribution >= 4 is 11.6 Å². The van der Waals surface area contributed by atoms with E-state index >= 15 is 0 Å². The van der Waals surface area contributed by atoms with Crippen molar-refractivity contribution in [2.24, 2.45) is 5.92 Å². The summed E-state index contributed by atoms with van der Waals surface area (Å²) in [4.78, 5) is 12.6. The second kappa shape index (κ2) is 10.0. The Labute approximate surface area is 151 Å². The van der Waals surface area contributed by atoms with Crippen molar-refractivity contribution < 1.29 is 14.3 Å². The van der Waals surface area contributed by atoms with Crippen molar-refractivity contribution in [3.63, 3.8) is 0 Å². The van der Waals surface area contributed by atoms with E-state index in [-0.39, 0.29) is 5.91 Å². The minimum atomic E-state index is -0.880. The van der Waals surface area contributed by atoms with Gasteiger partial charge in [0.1, 0.15) is 17.4 Å². The average molecular weight is 346 g/mol. The predicted octanol–water partition coefficient (Wildman–Crippen LogP) is 4.52. The minimum Gasteiger partial charge on any atom is -0.492 e. The third-order valence-electron chi connectivity index (χ3n) is 4.12. The highest BCUT2D eigenvalue weighted by molar-refractivity contribution is 5.97. The van der Waals surface area contributed by atoms with Gasteiger partial charge in [0, 0.05) is 12.8 Å². The lowest BCUT2D eigenvalue weighted by atomic mass is 9.97. The Morgan fingerprint density at radius 1 is 1.36 bits per heavy atom. The lowest BCUT2D eigenvalue weighted by Gasteiger charge is -2.27. The average Bonchev–Trinajstić information content (AvgIpc) is 2.60. The highest BCUT2D eigenvalue weighted by Gasteiger charge is 2.32. The Bertz CT molecular complexity index is 607. The number of unbranched alkanes of at least 4 members (excludes halogenated alkanes) is 2. The Balaban J connectivity index is 2.84. The summed E-state index contributed by atoms with van der Waals surface area (Å²) < 4.78 is 11.1. The van der Waals surface area contributed by atoms with Crippen molar-refractivity contribution in [3.05, 3.63) is 23.8 Å². The summed E-state index contributed by atoms with van der Waals surface area (Å²) in [6, 6.07) is 7.22. The summed E-state index contributed by atoms with van der Waals surface area (Å²) in [5.41, 5.74) is 0.0928. The van der Waals surface area contributed by atoms with E-state index in [0.29, 0.717) is 35.9 Å². The minimum absolute atomic E-state index is 0.203. The first-order valence-corrected chi connectivity index (χ1v) is 8.89. The molecular weight excluding hydrogens is 316 g/mol. The molecule has 1 aromatic rings. The second-order valence-corrected chi connectivity index (χ2v) is 6.87. The van der Waals surface area contributed by atoms with E-state index in [1.54, 1.807) is 32.2 Å². The molecule has 5 heteroatoms. The number of nitrogens with zero attached hydrogens (tertiary/aromatic N) is 1. The normalized spacial score (nSPS) is 13.2. The fraction of sp³-hybridized carbons (Fsp3) is 0.600. The van der Waals surface area contributed by atoms with Crippen LogP contribution in [0.25, 0.3) is 0 Å². The molecule has 0 fully saturated rings. The molecule has 0 unspecified atom stereocenters. The Morgan fingerprint density at radius 2 is 2.08 bits per heavy atom. The number of benzene rings is 1. The van der Waals surface area contributed by atoms with Crippen LogP contribution in [-0.4, -0.2) is 25.2 Å². The number of amides is 1. The van der Waals surface area contributed by atoms with Crippen LogP contribution in [-0.2, 0) is 9.53 Å². The Morgan fingerprint density at radius 3 is 2.64 bits per heavy atom. The molecule has 25 heavy (non-hydrogen) atoms. The van der Waals surface area contributed by atoms with Crippen molar-refractivity contribution in [2.75, 3.05) is 19.0 Å². The number of ether oxygens (including phenoxy) is 2. The summed E-state index contributed by atoms with van der Waals surface area (Å²) in [5, 5.41) is 12.2. The highest BCUT2D eigenvalue weighted by atomic mass is 16.5. The molecule has 0 saturated carbocycles. The number of carbonyl (C=O) groups is 1. The molecule has 1 amide bonds. The van der Waals surface area contributed by atoms with Crippen LogP contribution >= 0.6 is 0 Å². The molecule has 0 bridgehead atoms. The van der Waals surface area contributed by atoms with Gasteiger partial charge < -0.3 is 14.8 Å². The van der Waals surface area contributed by atoms with Gasteiger partial charge in [-0.25, -0.2) is 0 Å². The van der Waals surface area contributed by atoms with E-state index in [2.05, 4.69) is 18.3 Å². The molecule has 0 radical (unpaired) electrons. The summed E-state index contributed by atoms with van der Waals surface area (Å²) in [6.07, 6.45) is 3.74. The van der Waals surface area contributed by atoms with Crippen LogP contribution in [0.5, 0.6) is 5.75 Å². The monoisotopic (exact) mass is 346 g/mol. The van der Waals surface area contributed by atoms with Crippen molar-refractivity contribution in [1.82, 2.24) is 0 Å². The maximum atomic E-state index is 12.6. The van der Waals surface area contributed by atoms with Gasteiger partial charge in [0.15, 0.2) is 0 Å². The number of nitrogens with one attached hydrogen (secondary N) is 1. The number of hydrogen-bond donors (Lipinski definition) is 1. The number of rotatable bonds is 10. The van der Waals surface area contributed by atoms with Gasteiger partial charge >= 0.3 is 0 Å². The highest BCUT2D eigenvalue weighted by Crippen LogP contribution is 2.25. The van der Waals surface area contributed by atoms with Gasteiger partial charge in [-0.3, -0.25) is 4.79 Å². The number of carbonyl (C=O) groups excluding carboxylic acids is 1. The van der Waals surface area contributed by atoms with Crippen LogP contribution in [0.2, 0.25) is 0 Å². The molecule has 0 heterocycles. The number of hydrogen-bond acceptors (Lipinski definition) is 4. The SMILES string of the molecule is CCCCC[C@@](C)(OC)C(=O)Nc1ccc(OCC(C)C)c(C#N)c1. The molecule has 5 nitrogen and oxygen atoms in total. The van der Waals surface area contributed by atoms with Gasteiger partial charge in [-0.2, -0.15) is 5.26 Å². The largest absolute Gasteiger partial charge is 0.492 e. The third kappa shape index (κ3) is 6.39. The predicted molar refractivity (Wildman–Crippen MR) is 99.7 cm³/mol. The van der Waals surface area contributed by atoms with E-state index in [4.69, 9.17) is 9.47 Å². The van der Waals surface area contributed by atoms with Crippen molar-refractivity contribution in [2.45, 2.75) is 59.0 Å². The van der Waals surface area contributed by atoms with Crippen molar-refractivity contribution in [3.8, 4) is 11.8 Å². The number of anilines is 1. The van der Waals surface area contributed by atoms with Crippen LogP contribution in [0.4, 0.5) is 5.69 Å². The lowest BCUT2D eigenvalue weighted by Crippen LogP contribution is -2.42. The first kappa shape index (κ1) is 21.0. The lowest BCUT2D eigenvalue weighted by molar-refractivity contribution is -0.136. The molecule has 1 atom stereocenters. The quantitative estimate of drug-likeness (QED) is 0.632. The zero-order chi connectivity index (χ0) is 18.9. The molecule has 0 aromatic heterocycles. The smallest absolute Gasteiger partial charge is 0.256 e. The molecule has 0 aliphatic rings. The van der Waals surface area contributed by atoms with Gasteiger partial charge in [0.05, 0.1) is 12.2 Å². The second-order valence-electron chi connectivity index (χ2n) is 6.87. The molecule has 1 rings (SSSR count). The van der Waals surface area contributed by atoms with E-state index in [9.17, 15) is 10.1 Å². The summed E-state index contributed by atoms with van der Waals surface area (Å²) in [7, 11) is 1.55. The van der Waals surface area contributed by atoms with E-state index in [1.807, 2.05) is 13.8 Å². The third-order valence-corrected chi connectivity index (χ3v) is 4.12. The molecule has 0 aliphatic heterocycles. The molecule has 0 aliphatic carbocycles. The van der Waals surface area contributed by atoms with E-state index in [0.717, 1.165) is 19.3 Å². The molecule has 0 spiro atoms. The zero-order valence-electron chi connectivity index (χ0n) is 16.0. The van der Waals surface area contributed by atoms with Gasteiger partial charge in [-0.05, 0) is 37.5 Å². The van der Waals surface area contributed by atoms with Gasteiger partial charge in [0.2, 0.25) is 0 Å². The molecular formula is C20H30N2O3. The molecule has 0 saturated heterocycles. The van der Waals surface area contributed by atoms with Crippen LogP contribution in [0.3, 0.4) is 0 Å². The first-order valence-electron chi connectivity index (χ1n) is 8.89. The summed E-state index contributed by atoms with van der Waals surface area (Å²) >= 11 is 0. The number of nitriles is 1. The Kier molecular flexibility index (Phi) is 8.44. The fourth-order valence-electron chi connectivity index (χ4n) is 2.36. The molecule has 138 valence electrons. The van der Waals surface area contributed by atoms with E-state index in [1.165, 1.54) is 0 Å². The van der Waals surface area contributed by atoms with Crippen LogP contribution < -0.4 is 10.1 Å². The fourth-order valence-corrected chi connectivity index (χ4v) is 2.36. The maximum Gasteiger partial charge on any atom is 0.256 e. The van der Waals surface area contributed by atoms with Crippen molar-refractivity contribution in [1.29, 1.82) is 5.26 Å². The van der Waals surface area contributed by atoms with Crippen LogP contribution in [0.15, 0.2) is 18.2 Å². The number of methoxy groups -OCH3 is 1. The summed E-state index contributed by atoms with van der Waals surface area (Å²) in [6.45, 7) is 8.55. The standard InChI is InChI=1S/C20H30N2O3/c1-6-7-8-11-20(4,24-5)19(23)22-17-9-10-18(16(12-17)13-21)25-14-15(2)3/h9-10,12,15H,6-8,11,14H2,1-5H3,(H,22,23)/t20-/m1/s1. The van der Waals surface area contributed by atoms with Gasteiger partial charge in [0.25, 0.3) is 5.91 Å². The van der Waals surface area contributed by atoms with Gasteiger partial charge in [-0.1, -0.05) is 40.0 Å². The molecule has 1 N–H and O–H groups in total. The van der Waals surface area contributed by atoms with E-state index < -0.39 is 5.60 Å². The van der Waals surface area contributed by atoms with Gasteiger partial charge in [-0.15, -0.1) is 0 Å². The first-order chi connectivity index (χ1) is 11.9. The summed E-state index contributed by atoms with van der Waals surface area (Å²) in [5.74, 6) is 0.703. The Hall–Kier alpha value is -2.06. The topological polar surface area (TPSA) is 71.3 Å². The maximum absolute atomic E-state index is 12.6.